The number of hydrogen-bond acceptors (Lipinski definition) is 4. The molecule has 1 aliphatic rings. The minimum absolute atomic E-state index is 0.334. The lowest BCUT2D eigenvalue weighted by atomic mass is 10.4. The monoisotopic (exact) mass is 192 g/mol. The predicted octanol–water partition coefficient (Wildman–Crippen LogP) is -0.718. The summed E-state index contributed by atoms with van der Waals surface area (Å²) >= 11 is 0. The summed E-state index contributed by atoms with van der Waals surface area (Å²) in [5, 5.41) is 2.85. The van der Waals surface area contributed by atoms with Crippen molar-refractivity contribution in [3.05, 3.63) is 0 Å². The highest BCUT2D eigenvalue weighted by atomic mass is 32.2. The van der Waals surface area contributed by atoms with Gasteiger partial charge in [-0.15, -0.1) is 0 Å². The van der Waals surface area contributed by atoms with E-state index in [2.05, 4.69) is 5.32 Å². The predicted molar refractivity (Wildman–Crippen MR) is 48.7 cm³/mol. The molecule has 1 saturated heterocycles. The van der Waals surface area contributed by atoms with Crippen LogP contribution >= 0.6 is 0 Å². The topological polar surface area (TPSA) is 49.4 Å². The summed E-state index contributed by atoms with van der Waals surface area (Å²) in [5.74, 6) is 0. The second-order valence-electron chi connectivity index (χ2n) is 3.21. The van der Waals surface area contributed by atoms with E-state index in [-0.39, 0.29) is 5.37 Å². The van der Waals surface area contributed by atoms with Gasteiger partial charge in [0.05, 0.1) is 0 Å². The molecule has 0 amide bonds. The zero-order valence-electron chi connectivity index (χ0n) is 7.58. The van der Waals surface area contributed by atoms with Gasteiger partial charge < -0.3 is 5.32 Å². The molecule has 0 saturated carbocycles. The van der Waals surface area contributed by atoms with Crippen LogP contribution in [0.2, 0.25) is 0 Å². The second kappa shape index (κ2) is 3.72. The number of nitrogens with one attached hydrogen (secondary N) is 1. The van der Waals surface area contributed by atoms with Crippen molar-refractivity contribution in [2.75, 3.05) is 32.4 Å². The molecule has 0 aromatic carbocycles. The Morgan fingerprint density at radius 1 is 1.33 bits per heavy atom. The molecule has 1 rings (SSSR count). The first-order valence-electron chi connectivity index (χ1n) is 4.15. The number of sulfone groups is 1. The first-order valence-corrected chi connectivity index (χ1v) is 6.11. The maximum Gasteiger partial charge on any atom is 0.163 e. The summed E-state index contributed by atoms with van der Waals surface area (Å²) in [6.07, 6.45) is 1.29. The lowest BCUT2D eigenvalue weighted by Gasteiger charge is -2.31. The van der Waals surface area contributed by atoms with Crippen molar-refractivity contribution in [2.24, 2.45) is 0 Å². The first-order chi connectivity index (χ1) is 5.52. The van der Waals surface area contributed by atoms with E-state index < -0.39 is 9.84 Å². The van der Waals surface area contributed by atoms with Gasteiger partial charge in [0.2, 0.25) is 0 Å². The molecule has 0 radical (unpaired) electrons. The van der Waals surface area contributed by atoms with Gasteiger partial charge in [0.1, 0.15) is 5.37 Å². The first kappa shape index (κ1) is 9.95. The van der Waals surface area contributed by atoms with E-state index in [1.165, 1.54) is 6.26 Å². The maximum atomic E-state index is 11.2. The molecule has 5 heteroatoms. The van der Waals surface area contributed by atoms with Crippen LogP contribution < -0.4 is 5.32 Å². The summed E-state index contributed by atoms with van der Waals surface area (Å²) in [7, 11) is -2.90. The van der Waals surface area contributed by atoms with E-state index in [0.717, 1.165) is 26.2 Å². The number of rotatable bonds is 2. The van der Waals surface area contributed by atoms with Crippen LogP contribution in [0.15, 0.2) is 0 Å². The highest BCUT2D eigenvalue weighted by molar-refractivity contribution is 7.91. The van der Waals surface area contributed by atoms with Crippen LogP contribution in [0.4, 0.5) is 0 Å². The molecule has 12 heavy (non-hydrogen) atoms. The van der Waals surface area contributed by atoms with Gasteiger partial charge in [0.25, 0.3) is 0 Å². The Bertz CT molecular complexity index is 232. The lowest BCUT2D eigenvalue weighted by molar-refractivity contribution is 0.228. The molecule has 1 heterocycles. The number of nitrogens with zero attached hydrogens (tertiary/aromatic N) is 1. The fraction of sp³-hybridized carbons (Fsp3) is 1.00. The highest BCUT2D eigenvalue weighted by Crippen LogP contribution is 2.06. The molecule has 1 fully saturated rings. The van der Waals surface area contributed by atoms with Crippen molar-refractivity contribution in [1.29, 1.82) is 0 Å². The molecule has 0 aromatic heterocycles. The summed E-state index contributed by atoms with van der Waals surface area (Å²) in [4.78, 5) is 1.99. The van der Waals surface area contributed by atoms with Crippen LogP contribution in [-0.4, -0.2) is 51.1 Å². The quantitative estimate of drug-likeness (QED) is 0.627. The normalized spacial score (nSPS) is 23.8. The van der Waals surface area contributed by atoms with E-state index in [4.69, 9.17) is 0 Å². The third-order valence-electron chi connectivity index (χ3n) is 2.29. The Morgan fingerprint density at radius 3 is 2.25 bits per heavy atom. The molecule has 0 aromatic rings. The Labute approximate surface area is 73.9 Å². The van der Waals surface area contributed by atoms with E-state index in [9.17, 15) is 8.42 Å². The Kier molecular flexibility index (Phi) is 3.09. The summed E-state index contributed by atoms with van der Waals surface area (Å²) in [6.45, 7) is 5.18. The Balaban J connectivity index is 2.57. The van der Waals surface area contributed by atoms with Crippen molar-refractivity contribution in [2.45, 2.75) is 12.3 Å². The van der Waals surface area contributed by atoms with Crippen molar-refractivity contribution >= 4 is 9.84 Å². The van der Waals surface area contributed by atoms with Crippen LogP contribution in [0.3, 0.4) is 0 Å². The molecule has 4 nitrogen and oxygen atoms in total. The molecule has 0 bridgehead atoms. The molecular formula is C7H16N2O2S. The summed E-state index contributed by atoms with van der Waals surface area (Å²) in [5.41, 5.74) is 0. The Hall–Kier alpha value is -0.130. The van der Waals surface area contributed by atoms with Gasteiger partial charge in [0.15, 0.2) is 9.84 Å². The van der Waals surface area contributed by atoms with Gasteiger partial charge in [-0.3, -0.25) is 4.90 Å². The largest absolute Gasteiger partial charge is 0.314 e. The van der Waals surface area contributed by atoms with E-state index >= 15 is 0 Å². The van der Waals surface area contributed by atoms with Gasteiger partial charge in [0, 0.05) is 32.4 Å². The van der Waals surface area contributed by atoms with E-state index in [0.29, 0.717) is 0 Å². The zero-order chi connectivity index (χ0) is 9.19. The minimum Gasteiger partial charge on any atom is -0.314 e. The van der Waals surface area contributed by atoms with Gasteiger partial charge in [-0.2, -0.15) is 0 Å². The molecule has 0 aliphatic carbocycles. The summed E-state index contributed by atoms with van der Waals surface area (Å²) in [6, 6.07) is 0. The second-order valence-corrected chi connectivity index (χ2v) is 5.56. The third-order valence-corrected chi connectivity index (χ3v) is 3.82. The smallest absolute Gasteiger partial charge is 0.163 e. The number of hydrogen-bond donors (Lipinski definition) is 1. The average molecular weight is 192 g/mol. The van der Waals surface area contributed by atoms with Crippen LogP contribution in [-0.2, 0) is 9.84 Å². The van der Waals surface area contributed by atoms with E-state index in [1.807, 2.05) is 4.90 Å². The summed E-state index contributed by atoms with van der Waals surface area (Å²) < 4.78 is 22.3. The standard InChI is InChI=1S/C7H16N2O2S/c1-7(12(2,10)11)9-5-3-8-4-6-9/h7-8H,3-6H2,1-2H3. The van der Waals surface area contributed by atoms with Crippen LogP contribution in [0, 0.1) is 0 Å². The fourth-order valence-corrected chi connectivity index (χ4v) is 2.07. The molecule has 1 unspecified atom stereocenters. The molecule has 1 aliphatic heterocycles. The minimum atomic E-state index is -2.90. The molecule has 72 valence electrons. The van der Waals surface area contributed by atoms with Crippen molar-refractivity contribution in [3.63, 3.8) is 0 Å². The average Bonchev–Trinajstić information content (AvgIpc) is 2.03. The SMILES string of the molecule is CC(N1CCNCC1)S(C)(=O)=O. The lowest BCUT2D eigenvalue weighted by Crippen LogP contribution is -2.49. The third kappa shape index (κ3) is 2.43. The van der Waals surface area contributed by atoms with Gasteiger partial charge in [-0.25, -0.2) is 8.42 Å². The molecule has 1 N–H and O–H groups in total. The van der Waals surface area contributed by atoms with Crippen molar-refractivity contribution in [1.82, 2.24) is 10.2 Å². The van der Waals surface area contributed by atoms with Gasteiger partial charge >= 0.3 is 0 Å². The van der Waals surface area contributed by atoms with Crippen LogP contribution in [0.25, 0.3) is 0 Å². The van der Waals surface area contributed by atoms with Gasteiger partial charge in [-0.1, -0.05) is 0 Å². The molecular weight excluding hydrogens is 176 g/mol. The molecule has 1 atom stereocenters. The number of piperazine rings is 1. The fourth-order valence-electron chi connectivity index (χ4n) is 1.32. The van der Waals surface area contributed by atoms with Crippen LogP contribution in [0.1, 0.15) is 6.92 Å². The van der Waals surface area contributed by atoms with E-state index in [1.54, 1.807) is 6.92 Å². The molecule has 0 spiro atoms. The van der Waals surface area contributed by atoms with Crippen molar-refractivity contribution in [3.8, 4) is 0 Å². The Morgan fingerprint density at radius 2 is 1.83 bits per heavy atom. The zero-order valence-corrected chi connectivity index (χ0v) is 8.39. The van der Waals surface area contributed by atoms with Gasteiger partial charge in [-0.05, 0) is 6.92 Å². The highest BCUT2D eigenvalue weighted by Gasteiger charge is 2.23. The van der Waals surface area contributed by atoms with Crippen LogP contribution in [0.5, 0.6) is 0 Å². The van der Waals surface area contributed by atoms with Crippen molar-refractivity contribution < 1.29 is 8.42 Å². The maximum absolute atomic E-state index is 11.2.